The van der Waals surface area contributed by atoms with Crippen molar-refractivity contribution in [2.45, 2.75) is 5.60 Å². The van der Waals surface area contributed by atoms with E-state index in [0.29, 0.717) is 28.3 Å². The highest BCUT2D eigenvalue weighted by molar-refractivity contribution is 6.01. The van der Waals surface area contributed by atoms with E-state index in [0.717, 1.165) is 0 Å². The number of ether oxygens (including phenoxy) is 2. The standard InChI is InChI=1S/C22H21NO4/c1-26-18-13-14-20(27-2)19(15-18)23-21(24)22(25,16-9-5-3-6-10-16)17-11-7-4-8-12-17/h3-15,25H,1-2H3,(H,23,24). The van der Waals surface area contributed by atoms with Crippen molar-refractivity contribution >= 4 is 11.6 Å². The van der Waals surface area contributed by atoms with Crippen LogP contribution in [0.2, 0.25) is 0 Å². The van der Waals surface area contributed by atoms with Gasteiger partial charge < -0.3 is 19.9 Å². The first kappa shape index (κ1) is 18.5. The van der Waals surface area contributed by atoms with Crippen molar-refractivity contribution in [2.24, 2.45) is 0 Å². The van der Waals surface area contributed by atoms with E-state index < -0.39 is 11.5 Å². The maximum Gasteiger partial charge on any atom is 0.265 e. The highest BCUT2D eigenvalue weighted by Gasteiger charge is 2.40. The van der Waals surface area contributed by atoms with E-state index >= 15 is 0 Å². The van der Waals surface area contributed by atoms with E-state index in [-0.39, 0.29) is 0 Å². The van der Waals surface area contributed by atoms with Crippen LogP contribution in [0.5, 0.6) is 11.5 Å². The third kappa shape index (κ3) is 3.64. The number of carbonyl (C=O) groups excluding carboxylic acids is 1. The summed E-state index contributed by atoms with van der Waals surface area (Å²) < 4.78 is 10.5. The highest BCUT2D eigenvalue weighted by atomic mass is 16.5. The molecule has 1 amide bonds. The molecule has 0 bridgehead atoms. The molecule has 138 valence electrons. The van der Waals surface area contributed by atoms with Crippen molar-refractivity contribution in [3.8, 4) is 11.5 Å². The summed E-state index contributed by atoms with van der Waals surface area (Å²) in [5, 5.41) is 14.3. The van der Waals surface area contributed by atoms with E-state index in [1.54, 1.807) is 66.7 Å². The smallest absolute Gasteiger partial charge is 0.265 e. The Morgan fingerprint density at radius 3 is 1.89 bits per heavy atom. The predicted molar refractivity (Wildman–Crippen MR) is 104 cm³/mol. The highest BCUT2D eigenvalue weighted by Crippen LogP contribution is 2.34. The Labute approximate surface area is 158 Å². The summed E-state index contributed by atoms with van der Waals surface area (Å²) in [6, 6.07) is 22.7. The summed E-state index contributed by atoms with van der Waals surface area (Å²) in [4.78, 5) is 13.2. The van der Waals surface area contributed by atoms with Crippen LogP contribution in [-0.4, -0.2) is 25.2 Å². The molecule has 0 spiro atoms. The summed E-state index contributed by atoms with van der Waals surface area (Å²) in [6.07, 6.45) is 0. The van der Waals surface area contributed by atoms with E-state index in [2.05, 4.69) is 5.32 Å². The van der Waals surface area contributed by atoms with E-state index in [1.165, 1.54) is 14.2 Å². The summed E-state index contributed by atoms with van der Waals surface area (Å²) >= 11 is 0. The lowest BCUT2D eigenvalue weighted by molar-refractivity contribution is -0.131. The van der Waals surface area contributed by atoms with Gasteiger partial charge >= 0.3 is 0 Å². The Hall–Kier alpha value is -3.31. The first-order valence-corrected chi connectivity index (χ1v) is 8.46. The molecular weight excluding hydrogens is 342 g/mol. The van der Waals surface area contributed by atoms with Crippen molar-refractivity contribution in [1.29, 1.82) is 0 Å². The quantitative estimate of drug-likeness (QED) is 0.702. The van der Waals surface area contributed by atoms with Crippen LogP contribution < -0.4 is 14.8 Å². The number of amides is 1. The van der Waals surface area contributed by atoms with Gasteiger partial charge in [-0.2, -0.15) is 0 Å². The van der Waals surface area contributed by atoms with Crippen molar-refractivity contribution in [2.75, 3.05) is 19.5 Å². The number of rotatable bonds is 6. The molecule has 0 atom stereocenters. The largest absolute Gasteiger partial charge is 0.497 e. The molecule has 0 saturated heterocycles. The Morgan fingerprint density at radius 2 is 1.41 bits per heavy atom. The number of hydrogen-bond donors (Lipinski definition) is 2. The molecule has 0 fully saturated rings. The molecule has 0 aliphatic rings. The molecular formula is C22H21NO4. The number of anilines is 1. The van der Waals surface area contributed by atoms with Crippen LogP contribution in [0.15, 0.2) is 78.9 Å². The molecule has 0 heterocycles. The van der Waals surface area contributed by atoms with Gasteiger partial charge in [-0.1, -0.05) is 60.7 Å². The molecule has 3 rings (SSSR count). The topological polar surface area (TPSA) is 67.8 Å². The van der Waals surface area contributed by atoms with Crippen molar-refractivity contribution in [3.05, 3.63) is 90.0 Å². The third-order valence-corrected chi connectivity index (χ3v) is 4.37. The van der Waals surface area contributed by atoms with Crippen LogP contribution in [0.25, 0.3) is 0 Å². The molecule has 0 saturated carbocycles. The van der Waals surface area contributed by atoms with Gasteiger partial charge in [0, 0.05) is 6.07 Å². The fourth-order valence-electron chi connectivity index (χ4n) is 2.91. The Bertz CT molecular complexity index is 871. The fourth-order valence-corrected chi connectivity index (χ4v) is 2.91. The zero-order valence-corrected chi connectivity index (χ0v) is 15.2. The van der Waals surface area contributed by atoms with Crippen molar-refractivity contribution < 1.29 is 19.4 Å². The maximum absolute atomic E-state index is 13.2. The van der Waals surface area contributed by atoms with E-state index in [1.807, 2.05) is 12.1 Å². The molecule has 0 unspecified atom stereocenters. The summed E-state index contributed by atoms with van der Waals surface area (Å²) in [7, 11) is 3.05. The number of carbonyl (C=O) groups is 1. The first-order valence-electron chi connectivity index (χ1n) is 8.46. The molecule has 3 aromatic rings. The van der Waals surface area contributed by atoms with Gasteiger partial charge in [0.05, 0.1) is 19.9 Å². The minimum absolute atomic E-state index is 0.409. The van der Waals surface area contributed by atoms with Gasteiger partial charge in [-0.15, -0.1) is 0 Å². The van der Waals surface area contributed by atoms with Crippen LogP contribution in [0.3, 0.4) is 0 Å². The molecule has 5 nitrogen and oxygen atoms in total. The Balaban J connectivity index is 2.05. The zero-order valence-electron chi connectivity index (χ0n) is 15.2. The minimum Gasteiger partial charge on any atom is -0.497 e. The number of hydrogen-bond acceptors (Lipinski definition) is 4. The summed E-state index contributed by atoms with van der Waals surface area (Å²) in [6.45, 7) is 0. The van der Waals surface area contributed by atoms with Gasteiger partial charge in [-0.25, -0.2) is 0 Å². The number of nitrogens with one attached hydrogen (secondary N) is 1. The molecule has 2 N–H and O–H groups in total. The second-order valence-corrected chi connectivity index (χ2v) is 5.96. The van der Waals surface area contributed by atoms with Crippen LogP contribution in [-0.2, 0) is 10.4 Å². The molecule has 5 heteroatoms. The van der Waals surface area contributed by atoms with Gasteiger partial charge in [0.25, 0.3) is 5.91 Å². The molecule has 0 aliphatic carbocycles. The minimum atomic E-state index is -1.86. The first-order chi connectivity index (χ1) is 13.1. The van der Waals surface area contributed by atoms with Crippen molar-refractivity contribution in [1.82, 2.24) is 0 Å². The molecule has 3 aromatic carbocycles. The SMILES string of the molecule is COc1ccc(OC)c(NC(=O)C(O)(c2ccccc2)c2ccccc2)c1. The maximum atomic E-state index is 13.2. The van der Waals surface area contributed by atoms with Gasteiger partial charge in [0.15, 0.2) is 5.60 Å². The molecule has 27 heavy (non-hydrogen) atoms. The second kappa shape index (κ2) is 7.93. The monoisotopic (exact) mass is 363 g/mol. The number of methoxy groups -OCH3 is 2. The lowest BCUT2D eigenvalue weighted by Crippen LogP contribution is -2.41. The molecule has 0 radical (unpaired) electrons. The predicted octanol–water partition coefficient (Wildman–Crippen LogP) is 3.58. The van der Waals surface area contributed by atoms with Crippen LogP contribution in [0, 0.1) is 0 Å². The van der Waals surface area contributed by atoms with Crippen LogP contribution in [0.1, 0.15) is 11.1 Å². The van der Waals surface area contributed by atoms with Gasteiger partial charge in [0.2, 0.25) is 0 Å². The van der Waals surface area contributed by atoms with Crippen LogP contribution in [0.4, 0.5) is 5.69 Å². The average molecular weight is 363 g/mol. The third-order valence-electron chi connectivity index (χ3n) is 4.37. The molecule has 0 aliphatic heterocycles. The normalized spacial score (nSPS) is 10.9. The van der Waals surface area contributed by atoms with Gasteiger partial charge in [-0.05, 0) is 23.3 Å². The zero-order chi connectivity index (χ0) is 19.3. The Kier molecular flexibility index (Phi) is 5.43. The van der Waals surface area contributed by atoms with Crippen LogP contribution >= 0.6 is 0 Å². The second-order valence-electron chi connectivity index (χ2n) is 5.96. The van der Waals surface area contributed by atoms with Crippen molar-refractivity contribution in [3.63, 3.8) is 0 Å². The fraction of sp³-hybridized carbons (Fsp3) is 0.136. The Morgan fingerprint density at radius 1 is 0.852 bits per heavy atom. The summed E-state index contributed by atoms with van der Waals surface area (Å²) in [5.41, 5.74) is -0.519. The van der Waals surface area contributed by atoms with E-state index in [4.69, 9.17) is 9.47 Å². The van der Waals surface area contributed by atoms with Gasteiger partial charge in [-0.3, -0.25) is 4.79 Å². The number of aliphatic hydroxyl groups is 1. The lowest BCUT2D eigenvalue weighted by Gasteiger charge is -2.28. The van der Waals surface area contributed by atoms with Gasteiger partial charge in [0.1, 0.15) is 11.5 Å². The van der Waals surface area contributed by atoms with E-state index in [9.17, 15) is 9.90 Å². The number of benzene rings is 3. The molecule has 0 aromatic heterocycles. The lowest BCUT2D eigenvalue weighted by atomic mass is 9.85. The average Bonchev–Trinajstić information content (AvgIpc) is 2.74. The summed E-state index contributed by atoms with van der Waals surface area (Å²) in [5.74, 6) is 0.438.